The van der Waals surface area contributed by atoms with Crippen molar-refractivity contribution in [2.75, 3.05) is 19.0 Å². The quantitative estimate of drug-likeness (QED) is 0.117. The van der Waals surface area contributed by atoms with E-state index in [1.165, 1.54) is 12.1 Å². The minimum Gasteiger partial charge on any atom is -0.497 e. The molecule has 8 rings (SSSR count). The van der Waals surface area contributed by atoms with Gasteiger partial charge in [0.05, 0.1) is 24.8 Å². The topological polar surface area (TPSA) is 56.8 Å². The fourth-order valence-corrected chi connectivity index (χ4v) is 8.20. The van der Waals surface area contributed by atoms with Crippen molar-refractivity contribution >= 4 is 28.4 Å². The maximum Gasteiger partial charge on any atom is 0.416 e. The Bertz CT molecular complexity index is 2610. The van der Waals surface area contributed by atoms with Crippen LogP contribution in [0, 0.1) is 0 Å². The molecule has 1 aliphatic carbocycles. The number of fused-ring (bicyclic) bond motifs is 8. The van der Waals surface area contributed by atoms with Crippen LogP contribution in [0.25, 0.3) is 28.0 Å². The van der Waals surface area contributed by atoms with E-state index in [1.807, 2.05) is 74.5 Å². The molecule has 6 aromatic carbocycles. The first-order valence-electron chi connectivity index (χ1n) is 19.2. The molecule has 1 N–H and O–H groups in total. The molecule has 0 bridgehead atoms. The molecule has 11 heteroatoms. The van der Waals surface area contributed by atoms with Crippen molar-refractivity contribution in [3.05, 3.63) is 160 Å². The second-order valence-electron chi connectivity index (χ2n) is 15.3. The molecular weight excluding hydrogens is 769 g/mol. The molecule has 2 aliphatic rings. The number of carbonyl (C=O) groups is 1. The molecule has 1 atom stereocenters. The van der Waals surface area contributed by atoms with Crippen LogP contribution in [0.5, 0.6) is 17.2 Å². The van der Waals surface area contributed by atoms with Crippen LogP contribution >= 0.6 is 0 Å². The van der Waals surface area contributed by atoms with Crippen LogP contribution in [-0.4, -0.2) is 19.6 Å². The highest BCUT2D eigenvalue weighted by Gasteiger charge is 2.45. The third kappa shape index (κ3) is 6.96. The van der Waals surface area contributed by atoms with Gasteiger partial charge >= 0.3 is 12.4 Å². The zero-order valence-electron chi connectivity index (χ0n) is 32.6. The van der Waals surface area contributed by atoms with Crippen molar-refractivity contribution < 1.29 is 45.3 Å². The SMILES string of the molecule is CCCCOc1ccc(C2(c3ccc(OC)cc3)C=Cc3c4c(c5cc(NC(=O)c6ccc(C(F)(F)F)cc6)ccc5c3O2)-c2ccc(C(F)(F)F)cc2C4(C)C)cc1. The summed E-state index contributed by atoms with van der Waals surface area (Å²) in [5, 5.41) is 4.05. The van der Waals surface area contributed by atoms with Crippen molar-refractivity contribution in [1.82, 2.24) is 0 Å². The van der Waals surface area contributed by atoms with Crippen LogP contribution in [0.15, 0.2) is 115 Å². The first-order valence-corrected chi connectivity index (χ1v) is 19.2. The molecule has 1 amide bonds. The maximum atomic E-state index is 14.2. The number of halogens is 6. The summed E-state index contributed by atoms with van der Waals surface area (Å²) in [6.07, 6.45) is -3.29. The molecule has 0 saturated heterocycles. The molecule has 1 unspecified atom stereocenters. The van der Waals surface area contributed by atoms with Crippen LogP contribution in [0.4, 0.5) is 32.0 Å². The van der Waals surface area contributed by atoms with Gasteiger partial charge in [0.25, 0.3) is 5.91 Å². The number of rotatable bonds is 9. The molecular formula is C48H39F6NO4. The Morgan fingerprint density at radius 3 is 1.98 bits per heavy atom. The minimum absolute atomic E-state index is 0.0134. The van der Waals surface area contributed by atoms with E-state index in [-0.39, 0.29) is 5.56 Å². The normalized spacial score (nSPS) is 16.5. The van der Waals surface area contributed by atoms with Crippen molar-refractivity contribution in [3.8, 4) is 28.4 Å². The fourth-order valence-electron chi connectivity index (χ4n) is 8.20. The van der Waals surface area contributed by atoms with Crippen molar-refractivity contribution in [2.45, 2.75) is 57.0 Å². The Labute approximate surface area is 337 Å². The summed E-state index contributed by atoms with van der Waals surface area (Å²) < 4.78 is 101. The number of nitrogens with one attached hydrogen (secondary N) is 1. The molecule has 1 heterocycles. The first-order chi connectivity index (χ1) is 28.0. The van der Waals surface area contributed by atoms with E-state index < -0.39 is 40.4 Å². The molecule has 0 aromatic heterocycles. The monoisotopic (exact) mass is 807 g/mol. The van der Waals surface area contributed by atoms with E-state index in [4.69, 9.17) is 14.2 Å². The summed E-state index contributed by atoms with van der Waals surface area (Å²) in [7, 11) is 1.58. The number of amides is 1. The predicted octanol–water partition coefficient (Wildman–Crippen LogP) is 13.0. The molecule has 0 radical (unpaired) electrons. The highest BCUT2D eigenvalue weighted by atomic mass is 19.4. The second-order valence-corrected chi connectivity index (χ2v) is 15.3. The lowest BCUT2D eigenvalue weighted by atomic mass is 9.76. The number of methoxy groups -OCH3 is 1. The summed E-state index contributed by atoms with van der Waals surface area (Å²) in [4.78, 5) is 13.4. The number of ether oxygens (including phenoxy) is 3. The van der Waals surface area contributed by atoms with E-state index in [9.17, 15) is 31.1 Å². The van der Waals surface area contributed by atoms with Gasteiger partial charge in [0.2, 0.25) is 0 Å². The van der Waals surface area contributed by atoms with Gasteiger partial charge in [0.1, 0.15) is 17.2 Å². The summed E-state index contributed by atoms with van der Waals surface area (Å²) >= 11 is 0. The molecule has 0 saturated carbocycles. The molecule has 0 fully saturated rings. The average Bonchev–Trinajstić information content (AvgIpc) is 3.46. The molecule has 5 nitrogen and oxygen atoms in total. The Balaban J connectivity index is 1.31. The van der Waals surface area contributed by atoms with Gasteiger partial charge in [-0.2, -0.15) is 26.3 Å². The molecule has 0 spiro atoms. The third-order valence-corrected chi connectivity index (χ3v) is 11.3. The van der Waals surface area contributed by atoms with Gasteiger partial charge in [-0.05, 0) is 119 Å². The standard InChI is InChI=1S/C48H39F6NO4/c1-5-6-25-58-35-19-13-30(14-20-35)46(29-11-17-34(57-4)18-12-29)24-23-38-42-41(37-21-15-32(48(52,53)54)26-40(37)45(42,2)3)39-27-33(16-22-36(39)43(38)59-46)55-44(56)28-7-9-31(10-8-28)47(49,50)51/h7-24,26-27H,5-6,25H2,1-4H3,(H,55,56). The number of hydrogen-bond donors (Lipinski definition) is 1. The number of benzene rings is 6. The number of unbranched alkanes of at least 4 members (excludes halogenated alkanes) is 1. The Hall–Kier alpha value is -6.23. The van der Waals surface area contributed by atoms with E-state index in [0.29, 0.717) is 62.6 Å². The highest BCUT2D eigenvalue weighted by molar-refractivity contribution is 6.11. The fraction of sp³-hybridized carbons (Fsp3) is 0.229. The summed E-state index contributed by atoms with van der Waals surface area (Å²) in [5.74, 6) is 1.20. The second kappa shape index (κ2) is 14.5. The smallest absolute Gasteiger partial charge is 0.416 e. The minimum atomic E-state index is -4.57. The molecule has 302 valence electrons. The maximum absolute atomic E-state index is 14.2. The Morgan fingerprint density at radius 2 is 1.37 bits per heavy atom. The van der Waals surface area contributed by atoms with E-state index in [1.54, 1.807) is 25.3 Å². The van der Waals surface area contributed by atoms with Gasteiger partial charge < -0.3 is 19.5 Å². The number of carbonyl (C=O) groups excluding carboxylic acids is 1. The largest absolute Gasteiger partial charge is 0.497 e. The van der Waals surface area contributed by atoms with Crippen molar-refractivity contribution in [1.29, 1.82) is 0 Å². The predicted molar refractivity (Wildman–Crippen MR) is 216 cm³/mol. The number of anilines is 1. The lowest BCUT2D eigenvalue weighted by molar-refractivity contribution is -0.138. The van der Waals surface area contributed by atoms with Gasteiger partial charge in [0.15, 0.2) is 5.60 Å². The number of hydrogen-bond acceptors (Lipinski definition) is 4. The van der Waals surface area contributed by atoms with Gasteiger partial charge in [-0.1, -0.05) is 63.6 Å². The molecule has 1 aliphatic heterocycles. The highest BCUT2D eigenvalue weighted by Crippen LogP contribution is 2.59. The first kappa shape index (κ1) is 39.6. The average molecular weight is 808 g/mol. The van der Waals surface area contributed by atoms with Gasteiger partial charge in [-0.25, -0.2) is 0 Å². The van der Waals surface area contributed by atoms with Crippen LogP contribution in [-0.2, 0) is 23.4 Å². The van der Waals surface area contributed by atoms with Gasteiger partial charge in [-0.15, -0.1) is 0 Å². The zero-order chi connectivity index (χ0) is 41.9. The summed E-state index contributed by atoms with van der Waals surface area (Å²) in [6, 6.07) is 28.1. The van der Waals surface area contributed by atoms with Crippen LogP contribution in [0.3, 0.4) is 0 Å². The molecule has 59 heavy (non-hydrogen) atoms. The lowest BCUT2D eigenvalue weighted by Crippen LogP contribution is -2.35. The van der Waals surface area contributed by atoms with E-state index in [0.717, 1.165) is 59.9 Å². The van der Waals surface area contributed by atoms with Gasteiger partial charge in [0, 0.05) is 38.7 Å². The van der Waals surface area contributed by atoms with Crippen LogP contribution in [0.2, 0.25) is 0 Å². The summed E-state index contributed by atoms with van der Waals surface area (Å²) in [6.45, 7) is 6.44. The summed E-state index contributed by atoms with van der Waals surface area (Å²) in [5.41, 5.74) is 1.37. The Kier molecular flexibility index (Phi) is 9.76. The zero-order valence-corrected chi connectivity index (χ0v) is 32.6. The van der Waals surface area contributed by atoms with E-state index >= 15 is 0 Å². The molecule has 6 aromatic rings. The lowest BCUT2D eigenvalue weighted by Gasteiger charge is -2.38. The van der Waals surface area contributed by atoms with Crippen LogP contribution < -0.4 is 19.5 Å². The van der Waals surface area contributed by atoms with Crippen molar-refractivity contribution in [2.24, 2.45) is 0 Å². The Morgan fingerprint density at radius 1 is 0.746 bits per heavy atom. The van der Waals surface area contributed by atoms with E-state index in [2.05, 4.69) is 12.2 Å². The third-order valence-electron chi connectivity index (χ3n) is 11.3. The number of alkyl halides is 6. The van der Waals surface area contributed by atoms with Gasteiger partial charge in [-0.3, -0.25) is 4.79 Å². The van der Waals surface area contributed by atoms with Crippen molar-refractivity contribution in [3.63, 3.8) is 0 Å². The van der Waals surface area contributed by atoms with Crippen LogP contribution in [0.1, 0.15) is 82.9 Å².